The van der Waals surface area contributed by atoms with Crippen LogP contribution in [0.15, 0.2) is 24.8 Å². The zero-order valence-electron chi connectivity index (χ0n) is 9.52. The highest BCUT2D eigenvalue weighted by atomic mass is 35.5. The van der Waals surface area contributed by atoms with Crippen LogP contribution in [0.1, 0.15) is 30.5 Å². The third kappa shape index (κ3) is 3.55. The number of rotatable bonds is 2. The molecule has 14 heavy (non-hydrogen) atoms. The summed E-state index contributed by atoms with van der Waals surface area (Å²) in [5.74, 6) is 0. The van der Waals surface area contributed by atoms with Crippen LogP contribution in [0, 0.1) is 13.8 Å². The van der Waals surface area contributed by atoms with Gasteiger partial charge in [0.15, 0.2) is 0 Å². The molecule has 1 aromatic carbocycles. The second kappa shape index (κ2) is 6.67. The topological polar surface area (TPSA) is 0 Å². The van der Waals surface area contributed by atoms with E-state index in [0.717, 1.165) is 17.0 Å². The molecule has 1 rings (SSSR count). The fraction of sp³-hybridized carbons (Fsp3) is 0.385. The number of halogens is 1. The standard InChI is InChI=1S/C11H13Cl.C2H6/c1-4-5-10-7-11(12)9(3)6-8(10)2;1-2/h4,6-7H,1,5H2,2-3H3;1-2H3. The van der Waals surface area contributed by atoms with Crippen molar-refractivity contribution in [3.05, 3.63) is 46.5 Å². The fourth-order valence-corrected chi connectivity index (χ4v) is 1.43. The van der Waals surface area contributed by atoms with Crippen molar-refractivity contribution in [3.8, 4) is 0 Å². The quantitative estimate of drug-likeness (QED) is 0.621. The van der Waals surface area contributed by atoms with Gasteiger partial charge in [-0.3, -0.25) is 0 Å². The minimum absolute atomic E-state index is 0.845. The van der Waals surface area contributed by atoms with E-state index in [9.17, 15) is 0 Å². The molecule has 0 N–H and O–H groups in total. The molecule has 0 saturated heterocycles. The van der Waals surface area contributed by atoms with Crippen molar-refractivity contribution < 1.29 is 0 Å². The molecule has 0 aliphatic heterocycles. The summed E-state index contributed by atoms with van der Waals surface area (Å²) >= 11 is 5.99. The Morgan fingerprint density at radius 2 is 1.79 bits per heavy atom. The summed E-state index contributed by atoms with van der Waals surface area (Å²) in [7, 11) is 0. The molecule has 0 radical (unpaired) electrons. The van der Waals surface area contributed by atoms with Crippen LogP contribution in [-0.4, -0.2) is 0 Å². The summed E-state index contributed by atoms with van der Waals surface area (Å²) < 4.78 is 0. The first-order valence-electron chi connectivity index (χ1n) is 5.01. The van der Waals surface area contributed by atoms with Gasteiger partial charge in [-0.2, -0.15) is 0 Å². The molecule has 1 heteroatoms. The summed E-state index contributed by atoms with van der Waals surface area (Å²) in [6.07, 6.45) is 2.79. The Bertz CT molecular complexity index is 300. The number of hydrogen-bond donors (Lipinski definition) is 0. The molecule has 0 unspecified atom stereocenters. The van der Waals surface area contributed by atoms with Crippen LogP contribution in [0.3, 0.4) is 0 Å². The lowest BCUT2D eigenvalue weighted by atomic mass is 10.0. The van der Waals surface area contributed by atoms with Crippen molar-refractivity contribution in [2.45, 2.75) is 34.1 Å². The van der Waals surface area contributed by atoms with Crippen LogP contribution < -0.4 is 0 Å². The SMILES string of the molecule is C=CCc1cc(Cl)c(C)cc1C.CC. The van der Waals surface area contributed by atoms with Gasteiger partial charge in [0.2, 0.25) is 0 Å². The van der Waals surface area contributed by atoms with Gasteiger partial charge in [0.25, 0.3) is 0 Å². The molecule has 0 spiro atoms. The molecule has 0 aliphatic rings. The van der Waals surface area contributed by atoms with E-state index in [2.05, 4.69) is 19.6 Å². The van der Waals surface area contributed by atoms with Crippen molar-refractivity contribution >= 4 is 11.6 Å². The van der Waals surface area contributed by atoms with E-state index in [0.29, 0.717) is 0 Å². The maximum Gasteiger partial charge on any atom is 0.0438 e. The Hall–Kier alpha value is -0.750. The number of allylic oxidation sites excluding steroid dienone is 1. The Labute approximate surface area is 92.6 Å². The summed E-state index contributed by atoms with van der Waals surface area (Å²) in [6.45, 7) is 11.8. The van der Waals surface area contributed by atoms with Crippen LogP contribution in [-0.2, 0) is 6.42 Å². The van der Waals surface area contributed by atoms with Crippen LogP contribution >= 0.6 is 11.6 Å². The average molecular weight is 211 g/mol. The Morgan fingerprint density at radius 3 is 2.29 bits per heavy atom. The van der Waals surface area contributed by atoms with Crippen molar-refractivity contribution in [3.63, 3.8) is 0 Å². The van der Waals surface area contributed by atoms with E-state index < -0.39 is 0 Å². The fourth-order valence-electron chi connectivity index (χ4n) is 1.24. The summed E-state index contributed by atoms with van der Waals surface area (Å²) in [4.78, 5) is 0. The summed E-state index contributed by atoms with van der Waals surface area (Å²) in [6, 6.07) is 4.13. The highest BCUT2D eigenvalue weighted by molar-refractivity contribution is 6.31. The van der Waals surface area contributed by atoms with E-state index >= 15 is 0 Å². The Morgan fingerprint density at radius 1 is 1.21 bits per heavy atom. The molecule has 0 bridgehead atoms. The molecular formula is C13H19Cl. The molecule has 0 nitrogen and oxygen atoms in total. The van der Waals surface area contributed by atoms with E-state index in [1.807, 2.05) is 32.9 Å². The maximum atomic E-state index is 5.99. The average Bonchev–Trinajstić information content (AvgIpc) is 2.18. The number of benzene rings is 1. The molecule has 0 saturated carbocycles. The van der Waals surface area contributed by atoms with Crippen molar-refractivity contribution in [2.75, 3.05) is 0 Å². The van der Waals surface area contributed by atoms with E-state index in [4.69, 9.17) is 11.6 Å². The molecule has 0 amide bonds. The molecule has 0 aromatic heterocycles. The molecule has 0 aliphatic carbocycles. The van der Waals surface area contributed by atoms with Gasteiger partial charge in [-0.15, -0.1) is 6.58 Å². The first-order valence-corrected chi connectivity index (χ1v) is 5.39. The van der Waals surface area contributed by atoms with Crippen molar-refractivity contribution in [2.24, 2.45) is 0 Å². The minimum Gasteiger partial charge on any atom is -0.103 e. The second-order valence-electron chi connectivity index (χ2n) is 3.02. The lowest BCUT2D eigenvalue weighted by molar-refractivity contribution is 1.20. The normalized spacial score (nSPS) is 8.93. The highest BCUT2D eigenvalue weighted by Gasteiger charge is 2.00. The monoisotopic (exact) mass is 210 g/mol. The van der Waals surface area contributed by atoms with Gasteiger partial charge in [0.1, 0.15) is 0 Å². The van der Waals surface area contributed by atoms with Crippen LogP contribution in [0.5, 0.6) is 0 Å². The Balaban J connectivity index is 0.000000791. The zero-order valence-corrected chi connectivity index (χ0v) is 10.3. The third-order valence-electron chi connectivity index (χ3n) is 1.98. The number of aryl methyl sites for hydroxylation is 2. The first kappa shape index (κ1) is 13.2. The molecule has 78 valence electrons. The zero-order chi connectivity index (χ0) is 11.1. The minimum atomic E-state index is 0.845. The molecule has 0 heterocycles. The maximum absolute atomic E-state index is 5.99. The van der Waals surface area contributed by atoms with Gasteiger partial charge < -0.3 is 0 Å². The van der Waals surface area contributed by atoms with Gasteiger partial charge in [-0.1, -0.05) is 37.6 Å². The van der Waals surface area contributed by atoms with E-state index in [1.54, 1.807) is 0 Å². The molecular weight excluding hydrogens is 192 g/mol. The van der Waals surface area contributed by atoms with E-state index in [-0.39, 0.29) is 0 Å². The highest BCUT2D eigenvalue weighted by Crippen LogP contribution is 2.20. The van der Waals surface area contributed by atoms with Crippen LogP contribution in [0.4, 0.5) is 0 Å². The van der Waals surface area contributed by atoms with Gasteiger partial charge in [-0.05, 0) is 43.0 Å². The third-order valence-corrected chi connectivity index (χ3v) is 2.39. The lowest BCUT2D eigenvalue weighted by Gasteiger charge is -2.05. The predicted molar refractivity (Wildman–Crippen MR) is 66.2 cm³/mol. The first-order chi connectivity index (χ1) is 6.65. The predicted octanol–water partition coefficient (Wildman–Crippen LogP) is 4.71. The Kier molecular flexibility index (Phi) is 6.31. The van der Waals surface area contributed by atoms with Gasteiger partial charge in [0, 0.05) is 5.02 Å². The van der Waals surface area contributed by atoms with Gasteiger partial charge in [-0.25, -0.2) is 0 Å². The van der Waals surface area contributed by atoms with Crippen LogP contribution in [0.2, 0.25) is 5.02 Å². The summed E-state index contributed by atoms with van der Waals surface area (Å²) in [5.41, 5.74) is 3.69. The van der Waals surface area contributed by atoms with Gasteiger partial charge in [0.05, 0.1) is 0 Å². The van der Waals surface area contributed by atoms with Crippen LogP contribution in [0.25, 0.3) is 0 Å². The second-order valence-corrected chi connectivity index (χ2v) is 3.43. The molecule has 0 fully saturated rings. The van der Waals surface area contributed by atoms with Crippen molar-refractivity contribution in [1.29, 1.82) is 0 Å². The molecule has 1 aromatic rings. The number of hydrogen-bond acceptors (Lipinski definition) is 0. The largest absolute Gasteiger partial charge is 0.103 e. The van der Waals surface area contributed by atoms with Gasteiger partial charge >= 0.3 is 0 Å². The lowest BCUT2D eigenvalue weighted by Crippen LogP contribution is -1.88. The molecule has 0 atom stereocenters. The smallest absolute Gasteiger partial charge is 0.0438 e. The summed E-state index contributed by atoms with van der Waals surface area (Å²) in [5, 5.41) is 0.845. The van der Waals surface area contributed by atoms with Crippen molar-refractivity contribution in [1.82, 2.24) is 0 Å². The van der Waals surface area contributed by atoms with E-state index in [1.165, 1.54) is 11.1 Å².